The molecule has 0 radical (unpaired) electrons. The van der Waals surface area contributed by atoms with E-state index in [1.807, 2.05) is 6.92 Å². The minimum absolute atomic E-state index is 0.0237. The summed E-state index contributed by atoms with van der Waals surface area (Å²) in [5.41, 5.74) is -0.0659. The molecule has 1 N–H and O–H groups in total. The van der Waals surface area contributed by atoms with Crippen LogP contribution in [0.25, 0.3) is 0 Å². The van der Waals surface area contributed by atoms with Crippen molar-refractivity contribution in [2.24, 2.45) is 0 Å². The standard InChI is InChI=1S/C19H24O6/c1-3-5-9-14(25-17(20)4-2)10-8-13-24-19(23)16-12-7-6-11-15(16)18(21)22/h4,6-7,11-12,14H,2-3,5,8-10,13H2,1H3,(H,21,22). The molecular weight excluding hydrogens is 324 g/mol. The van der Waals surface area contributed by atoms with Crippen LogP contribution in [0, 0.1) is 0 Å². The number of carboxylic acid groups (broad SMARTS) is 1. The van der Waals surface area contributed by atoms with Crippen LogP contribution in [-0.2, 0) is 14.3 Å². The van der Waals surface area contributed by atoms with Crippen LogP contribution in [-0.4, -0.2) is 35.7 Å². The number of aromatic carboxylic acids is 1. The molecule has 0 saturated carbocycles. The van der Waals surface area contributed by atoms with Gasteiger partial charge in [-0.25, -0.2) is 14.4 Å². The molecule has 25 heavy (non-hydrogen) atoms. The monoisotopic (exact) mass is 348 g/mol. The molecule has 0 aromatic heterocycles. The highest BCUT2D eigenvalue weighted by atomic mass is 16.5. The molecule has 0 aliphatic heterocycles. The Balaban J connectivity index is 2.49. The second-order valence-corrected chi connectivity index (χ2v) is 5.53. The summed E-state index contributed by atoms with van der Waals surface area (Å²) in [6, 6.07) is 5.90. The predicted molar refractivity (Wildman–Crippen MR) is 92.5 cm³/mol. The number of esters is 2. The van der Waals surface area contributed by atoms with Gasteiger partial charge in [0, 0.05) is 6.08 Å². The smallest absolute Gasteiger partial charge is 0.339 e. The minimum Gasteiger partial charge on any atom is -0.478 e. The normalized spacial score (nSPS) is 11.4. The maximum Gasteiger partial charge on any atom is 0.339 e. The van der Waals surface area contributed by atoms with Crippen molar-refractivity contribution in [2.45, 2.75) is 45.1 Å². The molecule has 1 unspecified atom stereocenters. The van der Waals surface area contributed by atoms with Crippen molar-refractivity contribution in [1.29, 1.82) is 0 Å². The van der Waals surface area contributed by atoms with E-state index in [2.05, 4.69) is 6.58 Å². The van der Waals surface area contributed by atoms with Crippen LogP contribution in [0.5, 0.6) is 0 Å². The average Bonchev–Trinajstić information content (AvgIpc) is 2.62. The summed E-state index contributed by atoms with van der Waals surface area (Å²) < 4.78 is 10.4. The molecule has 0 saturated heterocycles. The van der Waals surface area contributed by atoms with E-state index in [-0.39, 0.29) is 23.8 Å². The minimum atomic E-state index is -1.18. The lowest BCUT2D eigenvalue weighted by atomic mass is 10.1. The molecule has 0 fully saturated rings. The number of unbranched alkanes of at least 4 members (excludes halogenated alkanes) is 1. The van der Waals surface area contributed by atoms with Gasteiger partial charge in [0.25, 0.3) is 0 Å². The lowest BCUT2D eigenvalue weighted by Gasteiger charge is -2.16. The summed E-state index contributed by atoms with van der Waals surface area (Å²) in [5.74, 6) is -2.32. The highest BCUT2D eigenvalue weighted by Crippen LogP contribution is 2.14. The first-order chi connectivity index (χ1) is 12.0. The Hall–Kier alpha value is -2.63. The van der Waals surface area contributed by atoms with Crippen LogP contribution in [0.15, 0.2) is 36.9 Å². The molecule has 0 heterocycles. The fourth-order valence-corrected chi connectivity index (χ4v) is 2.31. The third kappa shape index (κ3) is 7.20. The summed E-state index contributed by atoms with van der Waals surface area (Å²) in [4.78, 5) is 34.5. The Morgan fingerprint density at radius 3 is 2.40 bits per heavy atom. The first-order valence-electron chi connectivity index (χ1n) is 8.32. The predicted octanol–water partition coefficient (Wildman–Crippen LogP) is 3.61. The van der Waals surface area contributed by atoms with Crippen molar-refractivity contribution < 1.29 is 29.0 Å². The van der Waals surface area contributed by atoms with Crippen LogP contribution in [0.4, 0.5) is 0 Å². The fraction of sp³-hybridized carbons (Fsp3) is 0.421. The van der Waals surface area contributed by atoms with Gasteiger partial charge >= 0.3 is 17.9 Å². The Morgan fingerprint density at radius 2 is 1.80 bits per heavy atom. The Morgan fingerprint density at radius 1 is 1.16 bits per heavy atom. The zero-order valence-corrected chi connectivity index (χ0v) is 14.4. The zero-order chi connectivity index (χ0) is 18.7. The van der Waals surface area contributed by atoms with Gasteiger partial charge in [-0.2, -0.15) is 0 Å². The van der Waals surface area contributed by atoms with Gasteiger partial charge in [0.15, 0.2) is 0 Å². The van der Waals surface area contributed by atoms with E-state index in [4.69, 9.17) is 14.6 Å². The van der Waals surface area contributed by atoms with Crippen molar-refractivity contribution in [3.8, 4) is 0 Å². The summed E-state index contributed by atoms with van der Waals surface area (Å²) in [7, 11) is 0. The van der Waals surface area contributed by atoms with E-state index in [9.17, 15) is 14.4 Å². The molecule has 1 atom stereocenters. The Labute approximate surface area is 147 Å². The number of ether oxygens (including phenoxy) is 2. The van der Waals surface area contributed by atoms with Gasteiger partial charge < -0.3 is 14.6 Å². The van der Waals surface area contributed by atoms with Crippen LogP contribution < -0.4 is 0 Å². The van der Waals surface area contributed by atoms with E-state index in [1.54, 1.807) is 12.1 Å². The zero-order valence-electron chi connectivity index (χ0n) is 14.4. The summed E-state index contributed by atoms with van der Waals surface area (Å²) in [6.07, 6.45) is 4.63. The number of carbonyl (C=O) groups excluding carboxylic acids is 2. The first-order valence-corrected chi connectivity index (χ1v) is 8.32. The average molecular weight is 348 g/mol. The number of carbonyl (C=O) groups is 3. The van der Waals surface area contributed by atoms with E-state index < -0.39 is 17.9 Å². The van der Waals surface area contributed by atoms with Crippen molar-refractivity contribution in [2.75, 3.05) is 6.61 Å². The summed E-state index contributed by atoms with van der Waals surface area (Å²) >= 11 is 0. The van der Waals surface area contributed by atoms with Crippen LogP contribution in [0.2, 0.25) is 0 Å². The Kier molecular flexibility index (Phi) is 9.00. The molecular formula is C19H24O6. The second kappa shape index (κ2) is 11.0. The molecule has 0 aliphatic carbocycles. The number of hydrogen-bond donors (Lipinski definition) is 1. The fourth-order valence-electron chi connectivity index (χ4n) is 2.31. The van der Waals surface area contributed by atoms with Crippen molar-refractivity contribution in [3.05, 3.63) is 48.0 Å². The summed E-state index contributed by atoms with van der Waals surface area (Å²) in [6.45, 7) is 5.55. The highest BCUT2D eigenvalue weighted by Gasteiger charge is 2.17. The molecule has 0 spiro atoms. The van der Waals surface area contributed by atoms with Crippen LogP contribution in [0.3, 0.4) is 0 Å². The quantitative estimate of drug-likeness (QED) is 0.373. The van der Waals surface area contributed by atoms with Crippen LogP contribution in [0.1, 0.15) is 59.7 Å². The molecule has 6 nitrogen and oxygen atoms in total. The van der Waals surface area contributed by atoms with Crippen molar-refractivity contribution >= 4 is 17.9 Å². The maximum absolute atomic E-state index is 12.0. The molecule has 0 aliphatic rings. The molecule has 1 rings (SSSR count). The number of carboxylic acids is 1. The van der Waals surface area contributed by atoms with Gasteiger partial charge in [-0.1, -0.05) is 38.5 Å². The Bertz CT molecular complexity index is 608. The molecule has 0 bridgehead atoms. The van der Waals surface area contributed by atoms with Crippen molar-refractivity contribution in [3.63, 3.8) is 0 Å². The van der Waals surface area contributed by atoms with E-state index in [0.29, 0.717) is 12.8 Å². The van der Waals surface area contributed by atoms with Gasteiger partial charge in [0.05, 0.1) is 17.7 Å². The van der Waals surface area contributed by atoms with Gasteiger partial charge in [-0.05, 0) is 31.4 Å². The second-order valence-electron chi connectivity index (χ2n) is 5.53. The highest BCUT2D eigenvalue weighted by molar-refractivity contribution is 6.02. The number of rotatable bonds is 11. The lowest BCUT2D eigenvalue weighted by molar-refractivity contribution is -0.143. The van der Waals surface area contributed by atoms with E-state index in [1.165, 1.54) is 12.1 Å². The third-order valence-electron chi connectivity index (χ3n) is 3.61. The maximum atomic E-state index is 12.0. The topological polar surface area (TPSA) is 89.9 Å². The molecule has 1 aromatic carbocycles. The molecule has 136 valence electrons. The van der Waals surface area contributed by atoms with Gasteiger partial charge in [-0.3, -0.25) is 0 Å². The van der Waals surface area contributed by atoms with Gasteiger partial charge in [-0.15, -0.1) is 0 Å². The largest absolute Gasteiger partial charge is 0.478 e. The number of benzene rings is 1. The summed E-state index contributed by atoms with van der Waals surface area (Å²) in [5, 5.41) is 9.08. The van der Waals surface area contributed by atoms with E-state index in [0.717, 1.165) is 25.3 Å². The lowest BCUT2D eigenvalue weighted by Crippen LogP contribution is -2.18. The van der Waals surface area contributed by atoms with E-state index >= 15 is 0 Å². The van der Waals surface area contributed by atoms with Crippen LogP contribution >= 0.6 is 0 Å². The third-order valence-corrected chi connectivity index (χ3v) is 3.61. The van der Waals surface area contributed by atoms with Crippen molar-refractivity contribution in [1.82, 2.24) is 0 Å². The SMILES string of the molecule is C=CC(=O)OC(CCCC)CCCOC(=O)c1ccccc1C(=O)O. The van der Waals surface area contributed by atoms with Gasteiger partial charge in [0.2, 0.25) is 0 Å². The molecule has 6 heteroatoms. The molecule has 0 amide bonds. The number of hydrogen-bond acceptors (Lipinski definition) is 5. The molecule has 1 aromatic rings. The van der Waals surface area contributed by atoms with Gasteiger partial charge in [0.1, 0.15) is 6.10 Å². The first kappa shape index (κ1) is 20.4.